The lowest BCUT2D eigenvalue weighted by atomic mass is 10.2. The molecule has 0 aliphatic carbocycles. The van der Waals surface area contributed by atoms with Gasteiger partial charge in [-0.15, -0.1) is 0 Å². The van der Waals surface area contributed by atoms with Gasteiger partial charge in [-0.2, -0.15) is 5.10 Å². The Bertz CT molecular complexity index is 1370. The van der Waals surface area contributed by atoms with E-state index in [9.17, 15) is 9.59 Å². The van der Waals surface area contributed by atoms with Gasteiger partial charge in [-0.05, 0) is 30.3 Å². The number of amides is 1. The molecule has 1 aliphatic heterocycles. The first-order valence-electron chi connectivity index (χ1n) is 9.44. The Kier molecular flexibility index (Phi) is 5.21. The highest BCUT2D eigenvalue weighted by molar-refractivity contribution is 7.99. The number of para-hydroxylation sites is 1. The van der Waals surface area contributed by atoms with E-state index in [2.05, 4.69) is 15.4 Å². The highest BCUT2D eigenvalue weighted by Gasteiger charge is 2.29. The van der Waals surface area contributed by atoms with E-state index in [1.165, 1.54) is 18.0 Å². The van der Waals surface area contributed by atoms with E-state index in [-0.39, 0.29) is 23.9 Å². The number of anilines is 1. The second-order valence-electron chi connectivity index (χ2n) is 7.04. The summed E-state index contributed by atoms with van der Waals surface area (Å²) in [5.41, 5.74) is 1.61. The minimum atomic E-state index is -0.310. The van der Waals surface area contributed by atoms with Crippen LogP contribution >= 0.6 is 35.0 Å². The van der Waals surface area contributed by atoms with Crippen LogP contribution < -0.4 is 10.9 Å². The fourth-order valence-electron chi connectivity index (χ4n) is 3.55. The predicted octanol–water partition coefficient (Wildman–Crippen LogP) is 4.56. The Morgan fingerprint density at radius 2 is 2.00 bits per heavy atom. The fraction of sp³-hybridized carbons (Fsp3) is 0.143. The van der Waals surface area contributed by atoms with E-state index in [0.29, 0.717) is 37.7 Å². The van der Waals surface area contributed by atoms with E-state index in [4.69, 9.17) is 23.2 Å². The summed E-state index contributed by atoms with van der Waals surface area (Å²) in [6, 6.07) is 14.1. The Balaban J connectivity index is 1.44. The zero-order valence-corrected chi connectivity index (χ0v) is 18.3. The van der Waals surface area contributed by atoms with Crippen molar-refractivity contribution in [2.24, 2.45) is 0 Å². The molecule has 4 aromatic rings. The molecule has 5 rings (SSSR count). The minimum Gasteiger partial charge on any atom is -0.325 e. The summed E-state index contributed by atoms with van der Waals surface area (Å²) in [4.78, 5) is 30.5. The molecular formula is C21H15Cl2N5O2S. The molecule has 2 aromatic heterocycles. The van der Waals surface area contributed by atoms with Crippen LogP contribution in [0.4, 0.5) is 5.69 Å². The van der Waals surface area contributed by atoms with Gasteiger partial charge < -0.3 is 5.32 Å². The van der Waals surface area contributed by atoms with Crippen LogP contribution in [0.3, 0.4) is 0 Å². The number of thioether (sulfide) groups is 1. The maximum absolute atomic E-state index is 13.2. The monoisotopic (exact) mass is 471 g/mol. The van der Waals surface area contributed by atoms with Gasteiger partial charge in [0, 0.05) is 17.2 Å². The number of hydrogen-bond donors (Lipinski definition) is 1. The predicted molar refractivity (Wildman–Crippen MR) is 123 cm³/mol. The molecule has 31 heavy (non-hydrogen) atoms. The van der Waals surface area contributed by atoms with E-state index >= 15 is 0 Å². The van der Waals surface area contributed by atoms with Gasteiger partial charge in [0.2, 0.25) is 5.91 Å². The smallest absolute Gasteiger partial charge is 0.265 e. The summed E-state index contributed by atoms with van der Waals surface area (Å²) in [6.45, 7) is 0. The van der Waals surface area contributed by atoms with Crippen molar-refractivity contribution in [2.45, 2.75) is 17.6 Å². The van der Waals surface area contributed by atoms with Gasteiger partial charge in [-0.1, -0.05) is 53.2 Å². The maximum Gasteiger partial charge on any atom is 0.265 e. The molecule has 0 fully saturated rings. The molecule has 1 aliphatic rings. The highest BCUT2D eigenvalue weighted by atomic mass is 35.5. The van der Waals surface area contributed by atoms with Crippen molar-refractivity contribution in [3.05, 3.63) is 75.1 Å². The van der Waals surface area contributed by atoms with Crippen molar-refractivity contribution in [3.8, 4) is 5.69 Å². The third-order valence-corrected chi connectivity index (χ3v) is 6.64. The number of rotatable bonds is 4. The Labute approximate surface area is 191 Å². The molecule has 0 radical (unpaired) electrons. The molecule has 1 unspecified atom stereocenters. The SMILES string of the molecule is O=C(CC1CSc2nc3c(cnn3-c3ccccc3)c(=O)n21)Nc1ccc(Cl)cc1Cl. The molecule has 0 bridgehead atoms. The van der Waals surface area contributed by atoms with Gasteiger partial charge in [0.15, 0.2) is 10.8 Å². The lowest BCUT2D eigenvalue weighted by Gasteiger charge is -2.14. The summed E-state index contributed by atoms with van der Waals surface area (Å²) < 4.78 is 3.24. The van der Waals surface area contributed by atoms with Crippen LogP contribution in [-0.2, 0) is 4.79 Å². The number of fused-ring (bicyclic) bond motifs is 2. The highest BCUT2D eigenvalue weighted by Crippen LogP contribution is 2.34. The summed E-state index contributed by atoms with van der Waals surface area (Å²) >= 11 is 13.5. The van der Waals surface area contributed by atoms with Crippen molar-refractivity contribution in [2.75, 3.05) is 11.1 Å². The van der Waals surface area contributed by atoms with Crippen LogP contribution in [0.25, 0.3) is 16.7 Å². The van der Waals surface area contributed by atoms with Crippen LogP contribution in [0.1, 0.15) is 12.5 Å². The normalized spacial score (nSPS) is 15.2. The van der Waals surface area contributed by atoms with Crippen molar-refractivity contribution in [3.63, 3.8) is 0 Å². The van der Waals surface area contributed by atoms with E-state index < -0.39 is 0 Å². The summed E-state index contributed by atoms with van der Waals surface area (Å²) in [5.74, 6) is 0.338. The van der Waals surface area contributed by atoms with Gasteiger partial charge in [0.1, 0.15) is 5.39 Å². The molecule has 3 heterocycles. The van der Waals surface area contributed by atoms with E-state index in [1.807, 2.05) is 30.3 Å². The maximum atomic E-state index is 13.2. The van der Waals surface area contributed by atoms with Crippen LogP contribution in [0.15, 0.2) is 64.7 Å². The van der Waals surface area contributed by atoms with Crippen LogP contribution in [0.5, 0.6) is 0 Å². The Morgan fingerprint density at radius 3 is 2.77 bits per heavy atom. The number of nitrogens with one attached hydrogen (secondary N) is 1. The standard InChI is InChI=1S/C21H15Cl2N5O2S/c22-12-6-7-17(16(23)8-12)25-18(29)9-14-11-31-21-26-19-15(20(30)27(14)21)10-24-28(19)13-4-2-1-3-5-13/h1-8,10,14H,9,11H2,(H,25,29). The average molecular weight is 472 g/mol. The number of nitrogens with zero attached hydrogens (tertiary/aromatic N) is 4. The summed E-state index contributed by atoms with van der Waals surface area (Å²) in [7, 11) is 0. The van der Waals surface area contributed by atoms with E-state index in [0.717, 1.165) is 5.69 Å². The molecule has 1 atom stereocenters. The van der Waals surface area contributed by atoms with Crippen molar-refractivity contribution < 1.29 is 4.79 Å². The van der Waals surface area contributed by atoms with Crippen LogP contribution in [0.2, 0.25) is 10.0 Å². The lowest BCUT2D eigenvalue weighted by molar-refractivity contribution is -0.116. The second-order valence-corrected chi connectivity index (χ2v) is 8.87. The number of aromatic nitrogens is 4. The van der Waals surface area contributed by atoms with Crippen LogP contribution in [0, 0.1) is 0 Å². The average Bonchev–Trinajstić information content (AvgIpc) is 3.36. The number of benzene rings is 2. The fourth-order valence-corrected chi connectivity index (χ4v) is 5.13. The quantitative estimate of drug-likeness (QED) is 0.441. The van der Waals surface area contributed by atoms with Crippen molar-refractivity contribution >= 4 is 57.6 Å². The molecule has 156 valence electrons. The molecule has 0 saturated heterocycles. The Hall–Kier alpha value is -2.81. The largest absolute Gasteiger partial charge is 0.325 e. The van der Waals surface area contributed by atoms with Gasteiger partial charge in [-0.25, -0.2) is 9.67 Å². The first-order valence-corrected chi connectivity index (χ1v) is 11.2. The molecule has 0 saturated carbocycles. The minimum absolute atomic E-state index is 0.124. The molecule has 0 spiro atoms. The summed E-state index contributed by atoms with van der Waals surface area (Å²) in [6.07, 6.45) is 1.65. The van der Waals surface area contributed by atoms with Gasteiger partial charge in [-0.3, -0.25) is 14.2 Å². The molecule has 7 nitrogen and oxygen atoms in total. The first kappa shape index (κ1) is 20.1. The lowest BCUT2D eigenvalue weighted by Crippen LogP contribution is -2.27. The van der Waals surface area contributed by atoms with Crippen LogP contribution in [-0.4, -0.2) is 31.0 Å². The zero-order chi connectivity index (χ0) is 21.5. The number of halogens is 2. The third kappa shape index (κ3) is 3.71. The van der Waals surface area contributed by atoms with Gasteiger partial charge in [0.25, 0.3) is 5.56 Å². The topological polar surface area (TPSA) is 81.8 Å². The molecule has 2 aromatic carbocycles. The van der Waals surface area contributed by atoms with Crippen molar-refractivity contribution in [1.29, 1.82) is 0 Å². The van der Waals surface area contributed by atoms with E-state index in [1.54, 1.807) is 27.4 Å². The zero-order valence-electron chi connectivity index (χ0n) is 16.0. The number of hydrogen-bond acceptors (Lipinski definition) is 5. The molecular weight excluding hydrogens is 457 g/mol. The summed E-state index contributed by atoms with van der Waals surface area (Å²) in [5, 5.41) is 8.98. The van der Waals surface area contributed by atoms with Crippen molar-refractivity contribution in [1.82, 2.24) is 19.3 Å². The molecule has 1 amide bonds. The molecule has 10 heteroatoms. The second kappa shape index (κ2) is 8.03. The first-order chi connectivity index (χ1) is 15.0. The number of carbonyl (C=O) groups excluding carboxylic acids is 1. The number of carbonyl (C=O) groups is 1. The third-order valence-electron chi connectivity index (χ3n) is 5.00. The van der Waals surface area contributed by atoms with Gasteiger partial charge >= 0.3 is 0 Å². The van der Waals surface area contributed by atoms with Gasteiger partial charge in [0.05, 0.1) is 28.6 Å². The Morgan fingerprint density at radius 1 is 1.19 bits per heavy atom. The molecule has 1 N–H and O–H groups in total.